The van der Waals surface area contributed by atoms with Gasteiger partial charge in [0.1, 0.15) is 6.61 Å². The number of aryl methyl sites for hydroxylation is 1. The van der Waals surface area contributed by atoms with E-state index >= 15 is 0 Å². The van der Waals surface area contributed by atoms with Gasteiger partial charge in [-0.2, -0.15) is 5.10 Å². The zero-order valence-electron chi connectivity index (χ0n) is 15.4. The number of nitrogens with one attached hydrogen (secondary N) is 2. The van der Waals surface area contributed by atoms with E-state index in [0.29, 0.717) is 23.8 Å². The molecule has 0 radical (unpaired) electrons. The molecule has 0 saturated heterocycles. The molecule has 0 spiro atoms. The number of hydrazone groups is 1. The molecule has 3 rings (SSSR count). The first-order valence-corrected chi connectivity index (χ1v) is 9.26. The van der Waals surface area contributed by atoms with Crippen molar-refractivity contribution in [1.82, 2.24) is 9.97 Å². The zero-order chi connectivity index (χ0) is 19.9. The van der Waals surface area contributed by atoms with Crippen LogP contribution < -0.4 is 20.5 Å². The Morgan fingerprint density at radius 1 is 1.25 bits per heavy atom. The molecule has 8 heteroatoms. The van der Waals surface area contributed by atoms with E-state index in [1.807, 2.05) is 42.5 Å². The van der Waals surface area contributed by atoms with Crippen molar-refractivity contribution in [2.75, 3.05) is 12.5 Å². The highest BCUT2D eigenvalue weighted by Crippen LogP contribution is 2.36. The summed E-state index contributed by atoms with van der Waals surface area (Å²) in [5, 5.41) is 4.11. The Balaban J connectivity index is 1.73. The largest absolute Gasteiger partial charge is 0.493 e. The van der Waals surface area contributed by atoms with Crippen LogP contribution >= 0.6 is 15.9 Å². The van der Waals surface area contributed by atoms with Gasteiger partial charge in [0.25, 0.3) is 5.56 Å². The molecule has 0 aliphatic heterocycles. The summed E-state index contributed by atoms with van der Waals surface area (Å²) in [5.41, 5.74) is 4.91. The van der Waals surface area contributed by atoms with Gasteiger partial charge in [-0.05, 0) is 46.1 Å². The van der Waals surface area contributed by atoms with E-state index in [4.69, 9.17) is 9.47 Å². The van der Waals surface area contributed by atoms with Crippen LogP contribution in [0.4, 0.5) is 5.95 Å². The van der Waals surface area contributed by atoms with E-state index < -0.39 is 0 Å². The number of rotatable bonds is 7. The van der Waals surface area contributed by atoms with Crippen molar-refractivity contribution in [3.63, 3.8) is 0 Å². The molecule has 0 unspecified atom stereocenters. The summed E-state index contributed by atoms with van der Waals surface area (Å²) in [6, 6.07) is 15.0. The average Bonchev–Trinajstić information content (AvgIpc) is 2.67. The van der Waals surface area contributed by atoms with E-state index in [1.165, 1.54) is 6.07 Å². The Labute approximate surface area is 170 Å². The number of nitrogens with zero attached hydrogens (tertiary/aromatic N) is 2. The Hall–Kier alpha value is -3.13. The fourth-order valence-corrected chi connectivity index (χ4v) is 3.06. The van der Waals surface area contributed by atoms with Gasteiger partial charge >= 0.3 is 0 Å². The van der Waals surface area contributed by atoms with Crippen LogP contribution in [0, 0.1) is 6.92 Å². The van der Waals surface area contributed by atoms with Crippen molar-refractivity contribution in [1.29, 1.82) is 0 Å². The third-order valence-corrected chi connectivity index (χ3v) is 4.32. The van der Waals surface area contributed by atoms with Gasteiger partial charge in [0, 0.05) is 11.8 Å². The summed E-state index contributed by atoms with van der Waals surface area (Å²) < 4.78 is 12.1. The van der Waals surface area contributed by atoms with Gasteiger partial charge in [-0.25, -0.2) is 10.4 Å². The van der Waals surface area contributed by atoms with E-state index in [9.17, 15) is 4.79 Å². The molecule has 1 aromatic heterocycles. The number of H-pyrrole nitrogens is 1. The van der Waals surface area contributed by atoms with Gasteiger partial charge < -0.3 is 9.47 Å². The second kappa shape index (κ2) is 9.18. The number of hydrogen-bond acceptors (Lipinski definition) is 6. The van der Waals surface area contributed by atoms with Crippen LogP contribution in [0.3, 0.4) is 0 Å². The van der Waals surface area contributed by atoms with Crippen LogP contribution in [-0.2, 0) is 6.61 Å². The zero-order valence-corrected chi connectivity index (χ0v) is 17.0. The van der Waals surface area contributed by atoms with Crippen LogP contribution in [0.5, 0.6) is 11.5 Å². The molecule has 2 N–H and O–H groups in total. The second-order valence-corrected chi connectivity index (χ2v) is 6.77. The summed E-state index contributed by atoms with van der Waals surface area (Å²) in [5.74, 6) is 1.46. The predicted octanol–water partition coefficient (Wildman–Crippen LogP) is 3.87. The predicted molar refractivity (Wildman–Crippen MR) is 112 cm³/mol. The van der Waals surface area contributed by atoms with Gasteiger partial charge in [0.2, 0.25) is 5.95 Å². The minimum absolute atomic E-state index is 0.241. The lowest BCUT2D eigenvalue weighted by atomic mass is 10.2. The quantitative estimate of drug-likeness (QED) is 0.428. The number of benzene rings is 2. The SMILES string of the molecule is COc1cc(/C=N/Nc2nc(C)cc(=O)[nH]2)cc(Br)c1OCc1ccccc1. The third-order valence-electron chi connectivity index (χ3n) is 3.73. The molecule has 0 aliphatic rings. The van der Waals surface area contributed by atoms with Gasteiger partial charge in [-0.1, -0.05) is 30.3 Å². The molecule has 0 atom stereocenters. The molecule has 0 amide bonds. The summed E-state index contributed by atoms with van der Waals surface area (Å²) >= 11 is 3.52. The van der Waals surface area contributed by atoms with Crippen molar-refractivity contribution in [2.45, 2.75) is 13.5 Å². The highest BCUT2D eigenvalue weighted by molar-refractivity contribution is 9.10. The van der Waals surface area contributed by atoms with Gasteiger partial charge in [0.15, 0.2) is 11.5 Å². The molecule has 7 nitrogen and oxygen atoms in total. The molecule has 3 aromatic rings. The number of ether oxygens (including phenoxy) is 2. The van der Waals surface area contributed by atoms with Gasteiger partial charge in [0.05, 0.1) is 17.8 Å². The molecular formula is C20H19BrN4O3. The minimum atomic E-state index is -0.241. The highest BCUT2D eigenvalue weighted by Gasteiger charge is 2.11. The highest BCUT2D eigenvalue weighted by atomic mass is 79.9. The summed E-state index contributed by atoms with van der Waals surface area (Å²) in [7, 11) is 1.58. The molecule has 2 aromatic carbocycles. The molecule has 0 aliphatic carbocycles. The fourth-order valence-electron chi connectivity index (χ4n) is 2.48. The van der Waals surface area contributed by atoms with Gasteiger partial charge in [-0.3, -0.25) is 9.78 Å². The lowest BCUT2D eigenvalue weighted by molar-refractivity contribution is 0.282. The summed E-state index contributed by atoms with van der Waals surface area (Å²) in [4.78, 5) is 18.2. The molecule has 1 heterocycles. The normalized spacial score (nSPS) is 10.8. The number of aromatic amines is 1. The molecule has 28 heavy (non-hydrogen) atoms. The average molecular weight is 443 g/mol. The molecule has 0 fully saturated rings. The molecular weight excluding hydrogens is 424 g/mol. The van der Waals surface area contributed by atoms with Crippen molar-refractivity contribution in [3.8, 4) is 11.5 Å². The standard InChI is InChI=1S/C20H19BrN4O3/c1-13-8-18(26)24-20(23-13)25-22-11-15-9-16(21)19(17(10-15)27-2)28-12-14-6-4-3-5-7-14/h3-11H,12H2,1-2H3,(H2,23,24,25,26)/b22-11+. The summed E-state index contributed by atoms with van der Waals surface area (Å²) in [6.45, 7) is 2.16. The van der Waals surface area contributed by atoms with Crippen molar-refractivity contribution < 1.29 is 9.47 Å². The maximum Gasteiger partial charge on any atom is 0.252 e. The smallest absolute Gasteiger partial charge is 0.252 e. The second-order valence-electron chi connectivity index (χ2n) is 5.91. The maximum atomic E-state index is 11.4. The fraction of sp³-hybridized carbons (Fsp3) is 0.150. The number of anilines is 1. The Morgan fingerprint density at radius 2 is 2.04 bits per heavy atom. The van der Waals surface area contributed by atoms with Crippen LogP contribution in [0.25, 0.3) is 0 Å². The van der Waals surface area contributed by atoms with Crippen molar-refractivity contribution in [3.05, 3.63) is 80.2 Å². The van der Waals surface area contributed by atoms with Crippen LogP contribution in [-0.4, -0.2) is 23.3 Å². The lowest BCUT2D eigenvalue weighted by Crippen LogP contribution is -2.10. The maximum absolute atomic E-state index is 11.4. The van der Waals surface area contributed by atoms with Crippen molar-refractivity contribution >= 4 is 28.1 Å². The van der Waals surface area contributed by atoms with E-state index in [1.54, 1.807) is 20.2 Å². The van der Waals surface area contributed by atoms with E-state index in [2.05, 4.69) is 36.4 Å². The van der Waals surface area contributed by atoms with Gasteiger partial charge in [-0.15, -0.1) is 0 Å². The van der Waals surface area contributed by atoms with Crippen LogP contribution in [0.1, 0.15) is 16.8 Å². The molecule has 0 bridgehead atoms. The number of hydrogen-bond donors (Lipinski definition) is 2. The van der Waals surface area contributed by atoms with Crippen LogP contribution in [0.2, 0.25) is 0 Å². The first-order valence-electron chi connectivity index (χ1n) is 8.46. The lowest BCUT2D eigenvalue weighted by Gasteiger charge is -2.13. The van der Waals surface area contributed by atoms with E-state index in [-0.39, 0.29) is 11.5 Å². The number of halogens is 1. The Morgan fingerprint density at radius 3 is 2.75 bits per heavy atom. The molecule has 0 saturated carbocycles. The monoisotopic (exact) mass is 442 g/mol. The Bertz CT molecular complexity index is 1040. The van der Waals surface area contributed by atoms with Crippen molar-refractivity contribution in [2.24, 2.45) is 5.10 Å². The number of methoxy groups -OCH3 is 1. The van der Waals surface area contributed by atoms with Crippen LogP contribution in [0.15, 0.2) is 62.9 Å². The summed E-state index contributed by atoms with van der Waals surface area (Å²) in [6.07, 6.45) is 1.59. The molecule has 144 valence electrons. The Kier molecular flexibility index (Phi) is 6.44. The minimum Gasteiger partial charge on any atom is -0.493 e. The third kappa shape index (κ3) is 5.20. The number of aromatic nitrogens is 2. The first kappa shape index (κ1) is 19.6. The van der Waals surface area contributed by atoms with E-state index in [0.717, 1.165) is 15.6 Å². The first-order chi connectivity index (χ1) is 13.5. The topological polar surface area (TPSA) is 88.6 Å².